The molecule has 1 aliphatic heterocycles. The van der Waals surface area contributed by atoms with E-state index in [4.69, 9.17) is 26.8 Å². The number of hydrogen-bond donors (Lipinski definition) is 1. The summed E-state index contributed by atoms with van der Waals surface area (Å²) in [6.07, 6.45) is 2.47. The number of thiocarbonyl (C=S) groups is 1. The van der Waals surface area contributed by atoms with Crippen LogP contribution in [0.5, 0.6) is 11.5 Å². The first-order valence-electron chi connectivity index (χ1n) is 8.80. The van der Waals surface area contributed by atoms with Crippen molar-refractivity contribution in [2.24, 2.45) is 0 Å². The topological polar surface area (TPSA) is 76.1 Å². The first kappa shape index (κ1) is 20.9. The normalized spacial score (nSPS) is 15.1. The van der Waals surface area contributed by atoms with Gasteiger partial charge in [-0.2, -0.15) is 0 Å². The molecule has 1 aliphatic rings. The molecule has 2 aromatic carbocycles. The standard InChI is InChI=1S/C21H19NO5S2/c1-26-17-11-15(7-8-16(17)27-13-19(23)24)12-18-20(25)22(21(28)29-18)10-9-14-5-3-2-4-6-14/h2-8,11-12H,9-10,13H2,1H3,(H,23,24)/b18-12-. The van der Waals surface area contributed by atoms with Crippen molar-refractivity contribution >= 4 is 46.3 Å². The fraction of sp³-hybridized carbons (Fsp3) is 0.190. The molecule has 0 spiro atoms. The minimum atomic E-state index is -1.07. The number of carboxylic acid groups (broad SMARTS) is 1. The average Bonchev–Trinajstić information content (AvgIpc) is 2.98. The molecule has 0 radical (unpaired) electrons. The van der Waals surface area contributed by atoms with Crippen LogP contribution in [0.1, 0.15) is 11.1 Å². The molecule has 2 aromatic rings. The summed E-state index contributed by atoms with van der Waals surface area (Å²) < 4.78 is 11.0. The Bertz CT molecular complexity index is 959. The Hall–Kier alpha value is -2.84. The van der Waals surface area contributed by atoms with Gasteiger partial charge in [0, 0.05) is 6.54 Å². The van der Waals surface area contributed by atoms with Gasteiger partial charge < -0.3 is 14.6 Å². The summed E-state index contributed by atoms with van der Waals surface area (Å²) in [5.41, 5.74) is 1.88. The van der Waals surface area contributed by atoms with Crippen LogP contribution in [0.3, 0.4) is 0 Å². The molecule has 1 saturated heterocycles. The van der Waals surface area contributed by atoms with E-state index in [1.165, 1.54) is 18.9 Å². The van der Waals surface area contributed by atoms with E-state index < -0.39 is 12.6 Å². The van der Waals surface area contributed by atoms with Crippen molar-refractivity contribution in [3.63, 3.8) is 0 Å². The maximum atomic E-state index is 12.8. The molecule has 1 N–H and O–H groups in total. The lowest BCUT2D eigenvalue weighted by Gasteiger charge is -2.14. The number of methoxy groups -OCH3 is 1. The van der Waals surface area contributed by atoms with Gasteiger partial charge in [-0.05, 0) is 35.8 Å². The van der Waals surface area contributed by atoms with Gasteiger partial charge in [-0.1, -0.05) is 60.4 Å². The predicted molar refractivity (Wildman–Crippen MR) is 116 cm³/mol. The molecule has 1 heterocycles. The summed E-state index contributed by atoms with van der Waals surface area (Å²) in [7, 11) is 1.47. The summed E-state index contributed by atoms with van der Waals surface area (Å²) in [6.45, 7) is 0.0626. The van der Waals surface area contributed by atoms with Crippen LogP contribution in [-0.4, -0.2) is 46.5 Å². The third kappa shape index (κ3) is 5.36. The number of benzene rings is 2. The Kier molecular flexibility index (Phi) is 6.90. The molecule has 0 bridgehead atoms. The van der Waals surface area contributed by atoms with Crippen molar-refractivity contribution in [3.8, 4) is 11.5 Å². The maximum Gasteiger partial charge on any atom is 0.341 e. The van der Waals surface area contributed by atoms with Gasteiger partial charge in [0.1, 0.15) is 4.32 Å². The van der Waals surface area contributed by atoms with Gasteiger partial charge in [-0.25, -0.2) is 4.79 Å². The third-order valence-electron chi connectivity index (χ3n) is 4.18. The predicted octanol–water partition coefficient (Wildman–Crippen LogP) is 3.60. The molecule has 8 heteroatoms. The largest absolute Gasteiger partial charge is 0.493 e. The lowest BCUT2D eigenvalue weighted by atomic mass is 10.1. The number of carbonyl (C=O) groups excluding carboxylic acids is 1. The van der Waals surface area contributed by atoms with Crippen LogP contribution in [0.2, 0.25) is 0 Å². The number of carbonyl (C=O) groups is 2. The Labute approximate surface area is 178 Å². The maximum absolute atomic E-state index is 12.8. The molecule has 29 heavy (non-hydrogen) atoms. The van der Waals surface area contributed by atoms with E-state index in [1.54, 1.807) is 29.2 Å². The Balaban J connectivity index is 1.72. The minimum Gasteiger partial charge on any atom is -0.493 e. The first-order chi connectivity index (χ1) is 14.0. The van der Waals surface area contributed by atoms with Crippen molar-refractivity contribution in [2.45, 2.75) is 6.42 Å². The second kappa shape index (κ2) is 9.58. The lowest BCUT2D eigenvalue weighted by molar-refractivity contribution is -0.139. The molecule has 0 saturated carbocycles. The molecule has 0 aliphatic carbocycles. The highest BCUT2D eigenvalue weighted by molar-refractivity contribution is 8.26. The van der Waals surface area contributed by atoms with Crippen LogP contribution in [0.4, 0.5) is 0 Å². The van der Waals surface area contributed by atoms with E-state index in [2.05, 4.69) is 0 Å². The molecular weight excluding hydrogens is 410 g/mol. The number of amides is 1. The number of rotatable bonds is 8. The Morgan fingerprint density at radius 2 is 1.97 bits per heavy atom. The monoisotopic (exact) mass is 429 g/mol. The number of hydrogen-bond acceptors (Lipinski definition) is 6. The number of ether oxygens (including phenoxy) is 2. The van der Waals surface area contributed by atoms with Crippen LogP contribution in [0.25, 0.3) is 6.08 Å². The molecule has 0 atom stereocenters. The van der Waals surface area contributed by atoms with E-state index in [0.717, 1.165) is 17.5 Å². The fourth-order valence-corrected chi connectivity index (χ4v) is 4.07. The van der Waals surface area contributed by atoms with Gasteiger partial charge in [0.15, 0.2) is 18.1 Å². The van der Waals surface area contributed by atoms with E-state index in [1.807, 2.05) is 30.3 Å². The summed E-state index contributed by atoms with van der Waals surface area (Å²) in [6, 6.07) is 15.0. The van der Waals surface area contributed by atoms with Gasteiger partial charge in [-0.3, -0.25) is 9.69 Å². The zero-order chi connectivity index (χ0) is 20.8. The van der Waals surface area contributed by atoms with Gasteiger partial charge >= 0.3 is 5.97 Å². The molecule has 0 unspecified atom stereocenters. The van der Waals surface area contributed by atoms with Crippen LogP contribution < -0.4 is 9.47 Å². The quantitative estimate of drug-likeness (QED) is 0.507. The number of aliphatic carboxylic acids is 1. The minimum absolute atomic E-state index is 0.124. The second-order valence-corrected chi connectivity index (χ2v) is 7.84. The molecule has 6 nitrogen and oxygen atoms in total. The van der Waals surface area contributed by atoms with Gasteiger partial charge in [0.25, 0.3) is 5.91 Å². The fourth-order valence-electron chi connectivity index (χ4n) is 2.76. The van der Waals surface area contributed by atoms with Crippen LogP contribution in [0, 0.1) is 0 Å². The van der Waals surface area contributed by atoms with Crippen molar-refractivity contribution in [1.29, 1.82) is 0 Å². The summed E-state index contributed by atoms with van der Waals surface area (Å²) >= 11 is 6.64. The summed E-state index contributed by atoms with van der Waals surface area (Å²) in [4.78, 5) is 25.6. The SMILES string of the molecule is COc1cc(/C=C2\SC(=S)N(CCc3ccccc3)C2=O)ccc1OCC(=O)O. The van der Waals surface area contributed by atoms with E-state index in [-0.39, 0.29) is 5.91 Å². The molecule has 1 fully saturated rings. The smallest absolute Gasteiger partial charge is 0.341 e. The highest BCUT2D eigenvalue weighted by atomic mass is 32.2. The highest BCUT2D eigenvalue weighted by Gasteiger charge is 2.31. The number of nitrogens with zero attached hydrogens (tertiary/aromatic N) is 1. The summed E-state index contributed by atoms with van der Waals surface area (Å²) in [5, 5.41) is 8.75. The van der Waals surface area contributed by atoms with E-state index in [9.17, 15) is 9.59 Å². The number of thioether (sulfide) groups is 1. The zero-order valence-corrected chi connectivity index (χ0v) is 17.3. The lowest BCUT2D eigenvalue weighted by Crippen LogP contribution is -2.30. The zero-order valence-electron chi connectivity index (χ0n) is 15.7. The van der Waals surface area contributed by atoms with Gasteiger partial charge in [0.05, 0.1) is 12.0 Å². The van der Waals surface area contributed by atoms with Crippen molar-refractivity contribution < 1.29 is 24.2 Å². The van der Waals surface area contributed by atoms with Crippen LogP contribution >= 0.6 is 24.0 Å². The van der Waals surface area contributed by atoms with E-state index >= 15 is 0 Å². The van der Waals surface area contributed by atoms with Crippen molar-refractivity contribution in [2.75, 3.05) is 20.3 Å². The Morgan fingerprint density at radius 3 is 2.66 bits per heavy atom. The summed E-state index contributed by atoms with van der Waals surface area (Å²) in [5.74, 6) is -0.488. The Morgan fingerprint density at radius 1 is 1.21 bits per heavy atom. The van der Waals surface area contributed by atoms with Crippen LogP contribution in [0.15, 0.2) is 53.4 Å². The molecule has 1 amide bonds. The molecule has 3 rings (SSSR count). The first-order valence-corrected chi connectivity index (χ1v) is 10.0. The second-order valence-electron chi connectivity index (χ2n) is 6.16. The third-order valence-corrected chi connectivity index (χ3v) is 5.55. The van der Waals surface area contributed by atoms with Crippen molar-refractivity contribution in [3.05, 3.63) is 64.6 Å². The molecule has 0 aromatic heterocycles. The van der Waals surface area contributed by atoms with Crippen LogP contribution in [-0.2, 0) is 16.0 Å². The number of carboxylic acids is 1. The molecular formula is C21H19NO5S2. The average molecular weight is 430 g/mol. The van der Waals surface area contributed by atoms with Crippen molar-refractivity contribution in [1.82, 2.24) is 4.90 Å². The van der Waals surface area contributed by atoms with E-state index in [0.29, 0.717) is 27.3 Å². The van der Waals surface area contributed by atoms with Gasteiger partial charge in [0.2, 0.25) is 0 Å². The highest BCUT2D eigenvalue weighted by Crippen LogP contribution is 2.34. The molecule has 150 valence electrons. The van der Waals surface area contributed by atoms with Gasteiger partial charge in [-0.15, -0.1) is 0 Å².